The Kier molecular flexibility index (Phi) is 9.99. The molecule has 0 unspecified atom stereocenters. The van der Waals surface area contributed by atoms with E-state index in [0.29, 0.717) is 0 Å². The summed E-state index contributed by atoms with van der Waals surface area (Å²) in [4.78, 5) is 38.1. The van der Waals surface area contributed by atoms with Gasteiger partial charge in [-0.2, -0.15) is 0 Å². The van der Waals surface area contributed by atoms with Crippen molar-refractivity contribution in [3.63, 3.8) is 0 Å². The number of carbonyl (C=O) groups is 4. The van der Waals surface area contributed by atoms with Crippen molar-refractivity contribution in [2.45, 2.75) is 0 Å². The van der Waals surface area contributed by atoms with Crippen LogP contribution in [0.5, 0.6) is 0 Å². The lowest BCUT2D eigenvalue weighted by Crippen LogP contribution is -2.17. The van der Waals surface area contributed by atoms with E-state index in [-0.39, 0.29) is 12.6 Å². The standard InChI is InChI=1S/2C3H5NO2/c2*1-4-3(6)2-5/h2*2H,1H3,(H,4,6). The molecule has 0 saturated heterocycles. The van der Waals surface area contributed by atoms with Crippen LogP contribution in [-0.2, 0) is 19.2 Å². The van der Waals surface area contributed by atoms with Gasteiger partial charge in [0.15, 0.2) is 0 Å². The number of hydrogen-bond donors (Lipinski definition) is 2. The number of aldehydes is 2. The molecule has 0 aromatic heterocycles. The van der Waals surface area contributed by atoms with Crippen LogP contribution in [0, 0.1) is 0 Å². The molecule has 0 bridgehead atoms. The second-order valence-electron chi connectivity index (χ2n) is 1.46. The van der Waals surface area contributed by atoms with Crippen LogP contribution in [0.3, 0.4) is 0 Å². The Morgan fingerprint density at radius 3 is 1.17 bits per heavy atom. The normalized spacial score (nSPS) is 6.83. The third-order valence-corrected chi connectivity index (χ3v) is 0.707. The highest BCUT2D eigenvalue weighted by Crippen LogP contribution is 1.43. The molecule has 0 rings (SSSR count). The lowest BCUT2D eigenvalue weighted by atomic mass is 10.7. The summed E-state index contributed by atoms with van der Waals surface area (Å²) < 4.78 is 0. The minimum Gasteiger partial charge on any atom is -0.353 e. The first-order chi connectivity index (χ1) is 5.62. The fourth-order valence-corrected chi connectivity index (χ4v) is 0.118. The van der Waals surface area contributed by atoms with Crippen LogP contribution in [0.15, 0.2) is 0 Å². The summed E-state index contributed by atoms with van der Waals surface area (Å²) in [6.07, 6.45) is 0.444. The summed E-state index contributed by atoms with van der Waals surface area (Å²) >= 11 is 0. The van der Waals surface area contributed by atoms with Crippen molar-refractivity contribution in [3.05, 3.63) is 0 Å². The molecule has 6 nitrogen and oxygen atoms in total. The minimum absolute atomic E-state index is 0.222. The molecule has 0 atom stereocenters. The van der Waals surface area contributed by atoms with E-state index in [9.17, 15) is 19.2 Å². The van der Waals surface area contributed by atoms with Crippen LogP contribution >= 0.6 is 0 Å². The van der Waals surface area contributed by atoms with Crippen LogP contribution in [0.2, 0.25) is 0 Å². The van der Waals surface area contributed by atoms with Crippen LogP contribution in [0.4, 0.5) is 0 Å². The largest absolute Gasteiger partial charge is 0.353 e. The molecule has 12 heavy (non-hydrogen) atoms. The van der Waals surface area contributed by atoms with Gasteiger partial charge in [-0.05, 0) is 0 Å². The summed E-state index contributed by atoms with van der Waals surface area (Å²) in [5.74, 6) is -1.18. The van der Waals surface area contributed by atoms with Gasteiger partial charge < -0.3 is 10.6 Å². The highest BCUT2D eigenvalue weighted by atomic mass is 16.2. The van der Waals surface area contributed by atoms with Gasteiger partial charge in [0.25, 0.3) is 11.8 Å². The molecule has 2 amide bonds. The van der Waals surface area contributed by atoms with Crippen molar-refractivity contribution in [2.75, 3.05) is 14.1 Å². The van der Waals surface area contributed by atoms with E-state index in [2.05, 4.69) is 10.6 Å². The lowest BCUT2D eigenvalue weighted by molar-refractivity contribution is -0.130. The van der Waals surface area contributed by atoms with Crippen molar-refractivity contribution in [1.29, 1.82) is 0 Å². The van der Waals surface area contributed by atoms with E-state index >= 15 is 0 Å². The molecule has 0 saturated carbocycles. The highest BCUT2D eigenvalue weighted by molar-refractivity contribution is 6.23. The Hall–Kier alpha value is -1.72. The molecule has 0 heterocycles. The number of likely N-dealkylation sites (N-methyl/N-ethyl adjacent to an activating group) is 2. The van der Waals surface area contributed by atoms with Gasteiger partial charge in [0.1, 0.15) is 0 Å². The molecule has 0 aliphatic heterocycles. The Bertz CT molecular complexity index is 158. The average molecular weight is 174 g/mol. The topological polar surface area (TPSA) is 92.3 Å². The molecule has 6 heteroatoms. The zero-order valence-electron chi connectivity index (χ0n) is 6.79. The van der Waals surface area contributed by atoms with Crippen molar-refractivity contribution < 1.29 is 19.2 Å². The molecular weight excluding hydrogens is 164 g/mol. The number of carbonyl (C=O) groups excluding carboxylic acids is 4. The third kappa shape index (κ3) is 11.1. The monoisotopic (exact) mass is 174 g/mol. The zero-order valence-corrected chi connectivity index (χ0v) is 6.79. The zero-order chi connectivity index (χ0) is 9.98. The van der Waals surface area contributed by atoms with Crippen molar-refractivity contribution in [3.8, 4) is 0 Å². The lowest BCUT2D eigenvalue weighted by Gasteiger charge is -1.79. The van der Waals surface area contributed by atoms with Gasteiger partial charge in [-0.3, -0.25) is 19.2 Å². The van der Waals surface area contributed by atoms with Gasteiger partial charge in [0.05, 0.1) is 0 Å². The predicted molar refractivity (Wildman–Crippen MR) is 40.3 cm³/mol. The van der Waals surface area contributed by atoms with Crippen molar-refractivity contribution in [2.24, 2.45) is 0 Å². The second-order valence-corrected chi connectivity index (χ2v) is 1.46. The van der Waals surface area contributed by atoms with Gasteiger partial charge >= 0.3 is 0 Å². The molecule has 68 valence electrons. The van der Waals surface area contributed by atoms with E-state index in [0.717, 1.165) is 0 Å². The molecule has 0 spiro atoms. The van der Waals surface area contributed by atoms with Crippen LogP contribution < -0.4 is 10.6 Å². The molecule has 0 aromatic carbocycles. The van der Waals surface area contributed by atoms with E-state index in [1.54, 1.807) is 0 Å². The third-order valence-electron chi connectivity index (χ3n) is 0.707. The SMILES string of the molecule is CNC(=O)C=O.CNC(=O)C=O. The molecule has 0 radical (unpaired) electrons. The van der Waals surface area contributed by atoms with Crippen LogP contribution in [-0.4, -0.2) is 38.5 Å². The quantitative estimate of drug-likeness (QED) is 0.369. The first-order valence-corrected chi connectivity index (χ1v) is 2.96. The van der Waals surface area contributed by atoms with Crippen molar-refractivity contribution in [1.82, 2.24) is 10.6 Å². The smallest absolute Gasteiger partial charge is 0.283 e. The van der Waals surface area contributed by atoms with E-state index in [1.165, 1.54) is 14.1 Å². The molecule has 0 aliphatic carbocycles. The molecule has 2 N–H and O–H groups in total. The summed E-state index contributed by atoms with van der Waals surface area (Å²) in [6.45, 7) is 0. The Balaban J connectivity index is 0. The van der Waals surface area contributed by atoms with Gasteiger partial charge in [-0.15, -0.1) is 0 Å². The number of amides is 2. The van der Waals surface area contributed by atoms with Gasteiger partial charge in [0, 0.05) is 14.1 Å². The summed E-state index contributed by atoms with van der Waals surface area (Å²) in [7, 11) is 2.80. The van der Waals surface area contributed by atoms with Gasteiger partial charge in [-0.25, -0.2) is 0 Å². The van der Waals surface area contributed by atoms with Crippen molar-refractivity contribution >= 4 is 24.4 Å². The summed E-state index contributed by atoms with van der Waals surface area (Å²) in [5, 5.41) is 4.22. The van der Waals surface area contributed by atoms with E-state index < -0.39 is 11.8 Å². The predicted octanol–water partition coefficient (Wildman–Crippen LogP) is -2.14. The second kappa shape index (κ2) is 9.28. The first kappa shape index (κ1) is 12.9. The maximum atomic E-state index is 9.70. The molecule has 0 fully saturated rings. The highest BCUT2D eigenvalue weighted by Gasteiger charge is 1.85. The van der Waals surface area contributed by atoms with Gasteiger partial charge in [-0.1, -0.05) is 0 Å². The fourth-order valence-electron chi connectivity index (χ4n) is 0.118. The van der Waals surface area contributed by atoms with Crippen LogP contribution in [0.1, 0.15) is 0 Å². The molecular formula is C6H10N2O4. The Morgan fingerprint density at radius 2 is 1.17 bits per heavy atom. The van der Waals surface area contributed by atoms with Gasteiger partial charge in [0.2, 0.25) is 12.6 Å². The maximum Gasteiger partial charge on any atom is 0.283 e. The van der Waals surface area contributed by atoms with E-state index in [4.69, 9.17) is 0 Å². The number of rotatable bonds is 2. The molecule has 0 aromatic rings. The first-order valence-electron chi connectivity index (χ1n) is 2.96. The summed E-state index contributed by atoms with van der Waals surface area (Å²) in [5.41, 5.74) is 0. The minimum atomic E-state index is -0.588. The summed E-state index contributed by atoms with van der Waals surface area (Å²) in [6, 6.07) is 0. The molecule has 0 aliphatic rings. The fraction of sp³-hybridized carbons (Fsp3) is 0.333. The Morgan fingerprint density at radius 1 is 0.917 bits per heavy atom. The maximum absolute atomic E-state index is 9.70. The number of nitrogens with one attached hydrogen (secondary N) is 2. The number of hydrogen-bond acceptors (Lipinski definition) is 4. The van der Waals surface area contributed by atoms with E-state index in [1.807, 2.05) is 0 Å². The van der Waals surface area contributed by atoms with Crippen LogP contribution in [0.25, 0.3) is 0 Å². The average Bonchev–Trinajstić information content (AvgIpc) is 2.16. The Labute approximate surface area is 69.3 Å².